The number of benzene rings is 1. The van der Waals surface area contributed by atoms with Gasteiger partial charge in [0.1, 0.15) is 5.65 Å². The molecule has 0 atom stereocenters. The summed E-state index contributed by atoms with van der Waals surface area (Å²) in [5, 5.41) is 0. The van der Waals surface area contributed by atoms with E-state index in [1.165, 1.54) is 5.56 Å². The summed E-state index contributed by atoms with van der Waals surface area (Å²) in [5.74, 6) is 1.40. The van der Waals surface area contributed by atoms with Crippen molar-refractivity contribution in [1.29, 1.82) is 0 Å². The fraction of sp³-hybridized carbons (Fsp3) is 0.348. The Balaban J connectivity index is 1.94. The minimum absolute atomic E-state index is 0.617. The standard InChI is InChI=1S/C23H26N3O2/c1-17-10-13-22-25-23(18-11-12-20(27-3)21(15-18)28-4)19(26(22)16-17)9-7-5-6-8-14-24-2/h9-13,15-16H,5-8,14H2,1,3-4H3. The lowest BCUT2D eigenvalue weighted by Gasteiger charge is -2.10. The van der Waals surface area contributed by atoms with E-state index >= 15 is 0 Å². The number of methoxy groups -OCH3 is 2. The first kappa shape index (κ1) is 19.8. The van der Waals surface area contributed by atoms with E-state index in [9.17, 15) is 0 Å². The molecule has 3 rings (SSSR count). The second-order valence-corrected chi connectivity index (χ2v) is 6.79. The molecule has 0 aliphatic heterocycles. The Bertz CT molecular complexity index is 985. The van der Waals surface area contributed by atoms with Crippen LogP contribution in [0.15, 0.2) is 36.5 Å². The van der Waals surface area contributed by atoms with E-state index < -0.39 is 0 Å². The highest BCUT2D eigenvalue weighted by atomic mass is 16.5. The Morgan fingerprint density at radius 3 is 2.64 bits per heavy atom. The molecule has 0 aliphatic carbocycles. The number of aromatic nitrogens is 2. The molecule has 0 bridgehead atoms. The summed E-state index contributed by atoms with van der Waals surface area (Å²) in [6, 6.07) is 10.0. The average Bonchev–Trinajstić information content (AvgIpc) is 3.07. The molecule has 28 heavy (non-hydrogen) atoms. The van der Waals surface area contributed by atoms with Gasteiger partial charge in [-0.25, -0.2) is 11.6 Å². The second kappa shape index (κ2) is 9.27. The van der Waals surface area contributed by atoms with Gasteiger partial charge in [0.15, 0.2) is 11.5 Å². The maximum Gasteiger partial charge on any atom is 0.214 e. The van der Waals surface area contributed by atoms with Crippen molar-refractivity contribution < 1.29 is 9.47 Å². The zero-order valence-corrected chi connectivity index (χ0v) is 16.7. The van der Waals surface area contributed by atoms with Crippen LogP contribution in [0.25, 0.3) is 21.7 Å². The van der Waals surface area contributed by atoms with Crippen molar-refractivity contribution in [3.05, 3.63) is 65.6 Å². The molecule has 0 unspecified atom stereocenters. The van der Waals surface area contributed by atoms with E-state index in [2.05, 4.69) is 34.9 Å². The van der Waals surface area contributed by atoms with Gasteiger partial charge in [0.2, 0.25) is 6.54 Å². The van der Waals surface area contributed by atoms with Gasteiger partial charge in [-0.2, -0.15) is 0 Å². The van der Waals surface area contributed by atoms with Crippen LogP contribution in [0.5, 0.6) is 11.5 Å². The highest BCUT2D eigenvalue weighted by molar-refractivity contribution is 5.71. The van der Waals surface area contributed by atoms with E-state index in [4.69, 9.17) is 21.0 Å². The van der Waals surface area contributed by atoms with Gasteiger partial charge in [0, 0.05) is 24.6 Å². The largest absolute Gasteiger partial charge is 0.493 e. The molecule has 0 saturated carbocycles. The molecule has 0 amide bonds. The molecular weight excluding hydrogens is 350 g/mol. The predicted octanol–water partition coefficient (Wildman–Crippen LogP) is 5.36. The van der Waals surface area contributed by atoms with Crippen molar-refractivity contribution in [3.8, 4) is 22.8 Å². The molecule has 1 radical (unpaired) electrons. The number of ether oxygens (including phenoxy) is 2. The Morgan fingerprint density at radius 1 is 1.07 bits per heavy atom. The molecule has 0 aliphatic rings. The van der Waals surface area contributed by atoms with Crippen molar-refractivity contribution >= 4 is 5.65 Å². The fourth-order valence-electron chi connectivity index (χ4n) is 3.31. The lowest BCUT2D eigenvalue weighted by molar-refractivity contribution is 0.355. The van der Waals surface area contributed by atoms with Crippen molar-refractivity contribution in [2.24, 2.45) is 0 Å². The van der Waals surface area contributed by atoms with Gasteiger partial charge in [0.25, 0.3) is 0 Å². The van der Waals surface area contributed by atoms with Crippen molar-refractivity contribution in [3.63, 3.8) is 0 Å². The number of pyridine rings is 1. The molecule has 145 valence electrons. The predicted molar refractivity (Wildman–Crippen MR) is 112 cm³/mol. The Kier molecular flexibility index (Phi) is 6.54. The van der Waals surface area contributed by atoms with E-state index in [1.807, 2.05) is 24.3 Å². The molecule has 5 nitrogen and oxygen atoms in total. The Hall–Kier alpha value is -3.00. The summed E-state index contributed by atoms with van der Waals surface area (Å²) in [6.07, 6.45) is 8.44. The molecule has 0 fully saturated rings. The van der Waals surface area contributed by atoms with Gasteiger partial charge in [0.05, 0.1) is 25.6 Å². The van der Waals surface area contributed by atoms with Crippen LogP contribution in [0.2, 0.25) is 0 Å². The van der Waals surface area contributed by atoms with Crippen LogP contribution in [-0.2, 0) is 0 Å². The van der Waals surface area contributed by atoms with Crippen LogP contribution >= 0.6 is 0 Å². The number of hydrogen-bond donors (Lipinski definition) is 0. The zero-order valence-electron chi connectivity index (χ0n) is 16.7. The van der Waals surface area contributed by atoms with Gasteiger partial charge in [-0.15, -0.1) is 0 Å². The number of fused-ring (bicyclic) bond motifs is 1. The fourth-order valence-corrected chi connectivity index (χ4v) is 3.31. The summed E-state index contributed by atoms with van der Waals surface area (Å²) >= 11 is 0. The van der Waals surface area contributed by atoms with Crippen LogP contribution in [0.1, 0.15) is 36.9 Å². The smallest absolute Gasteiger partial charge is 0.214 e. The van der Waals surface area contributed by atoms with Crippen molar-refractivity contribution in [2.45, 2.75) is 32.6 Å². The molecule has 2 aromatic heterocycles. The summed E-state index contributed by atoms with van der Waals surface area (Å²) < 4.78 is 13.0. The Morgan fingerprint density at radius 2 is 1.89 bits per heavy atom. The molecule has 3 aromatic rings. The van der Waals surface area contributed by atoms with Crippen LogP contribution in [0.3, 0.4) is 0 Å². The maximum atomic E-state index is 6.88. The van der Waals surface area contributed by atoms with Gasteiger partial charge >= 0.3 is 0 Å². The highest BCUT2D eigenvalue weighted by Crippen LogP contribution is 2.34. The maximum absolute atomic E-state index is 6.88. The molecule has 2 heterocycles. The molecule has 0 spiro atoms. The van der Waals surface area contributed by atoms with Gasteiger partial charge < -0.3 is 18.7 Å². The third-order valence-corrected chi connectivity index (χ3v) is 4.77. The number of nitrogens with zero attached hydrogens (tertiary/aromatic N) is 3. The summed E-state index contributed by atoms with van der Waals surface area (Å²) in [7, 11) is 3.28. The second-order valence-electron chi connectivity index (χ2n) is 6.79. The lowest BCUT2D eigenvalue weighted by atomic mass is 10.0. The van der Waals surface area contributed by atoms with Gasteiger partial charge in [-0.1, -0.05) is 12.5 Å². The van der Waals surface area contributed by atoms with Crippen molar-refractivity contribution in [1.82, 2.24) is 9.38 Å². The lowest BCUT2D eigenvalue weighted by Crippen LogP contribution is -1.95. The topological polar surface area (TPSA) is 40.1 Å². The number of imidazole rings is 1. The van der Waals surface area contributed by atoms with E-state index in [1.54, 1.807) is 14.2 Å². The van der Waals surface area contributed by atoms with Crippen LogP contribution in [0.4, 0.5) is 0 Å². The van der Waals surface area contributed by atoms with E-state index in [0.29, 0.717) is 18.0 Å². The summed E-state index contributed by atoms with van der Waals surface area (Å²) in [6.45, 7) is 9.58. The van der Waals surface area contributed by atoms with Gasteiger partial charge in [-0.05, 0) is 49.6 Å². The molecule has 5 heteroatoms. The number of aryl methyl sites for hydroxylation is 1. The quantitative estimate of drug-likeness (QED) is 0.373. The average molecular weight is 376 g/mol. The van der Waals surface area contributed by atoms with E-state index in [0.717, 1.165) is 48.3 Å². The highest BCUT2D eigenvalue weighted by Gasteiger charge is 2.16. The summed E-state index contributed by atoms with van der Waals surface area (Å²) in [4.78, 5) is 8.30. The third kappa shape index (κ3) is 4.28. The first-order valence-corrected chi connectivity index (χ1v) is 9.55. The normalized spacial score (nSPS) is 10.8. The molecule has 1 aromatic carbocycles. The summed E-state index contributed by atoms with van der Waals surface area (Å²) in [5.41, 5.74) is 5.15. The third-order valence-electron chi connectivity index (χ3n) is 4.77. The Labute approximate surface area is 166 Å². The monoisotopic (exact) mass is 376 g/mol. The molecular formula is C23H26N3O2. The van der Waals surface area contributed by atoms with Crippen LogP contribution in [0, 0.1) is 19.9 Å². The van der Waals surface area contributed by atoms with Gasteiger partial charge in [-0.3, -0.25) is 0 Å². The number of hydrogen-bond acceptors (Lipinski definition) is 3. The zero-order chi connectivity index (χ0) is 19.9. The molecule has 0 saturated heterocycles. The first-order valence-electron chi connectivity index (χ1n) is 9.55. The number of unbranched alkanes of at least 4 members (excludes halogenated alkanes) is 3. The van der Waals surface area contributed by atoms with E-state index in [-0.39, 0.29) is 0 Å². The number of rotatable bonds is 9. The SMILES string of the molecule is [C-]#[N+]CCCCC[CH]c1c(-c2ccc(OC)c(OC)c2)nc2ccc(C)cn12. The van der Waals surface area contributed by atoms with Crippen LogP contribution in [-0.4, -0.2) is 30.1 Å². The van der Waals surface area contributed by atoms with Crippen LogP contribution < -0.4 is 9.47 Å². The van der Waals surface area contributed by atoms with Crippen molar-refractivity contribution in [2.75, 3.05) is 20.8 Å². The first-order chi connectivity index (χ1) is 13.7. The molecule has 0 N–H and O–H groups in total. The minimum Gasteiger partial charge on any atom is -0.493 e. The minimum atomic E-state index is 0.617.